The van der Waals surface area contributed by atoms with Crippen LogP contribution in [-0.2, 0) is 4.84 Å². The van der Waals surface area contributed by atoms with Gasteiger partial charge in [-0.05, 0) is 25.0 Å². The lowest BCUT2D eigenvalue weighted by Gasteiger charge is -2.32. The predicted molar refractivity (Wildman–Crippen MR) is 70.2 cm³/mol. The number of benzene rings is 1. The molecule has 4 nitrogen and oxygen atoms in total. The number of hydrogen-bond donors (Lipinski definition) is 1. The van der Waals surface area contributed by atoms with Gasteiger partial charge in [0.25, 0.3) is 5.91 Å². The number of carbonyl (C=O) groups is 1. The standard InChI is InChI=1S/C13H17ClN2O2/c14-12-6-2-1-5-11(12)13(17)16-7-3-4-10(8-16)9-18-15/h1-2,5-6,10H,3-4,7-9,15H2. The monoisotopic (exact) mass is 268 g/mol. The molecule has 1 fully saturated rings. The number of rotatable bonds is 3. The Bertz CT molecular complexity index is 423. The van der Waals surface area contributed by atoms with Crippen molar-refractivity contribution in [1.29, 1.82) is 0 Å². The van der Waals surface area contributed by atoms with Gasteiger partial charge in [-0.25, -0.2) is 5.90 Å². The van der Waals surface area contributed by atoms with Crippen LogP contribution in [0.25, 0.3) is 0 Å². The first-order valence-corrected chi connectivity index (χ1v) is 6.45. The number of amides is 1. The molecule has 1 aromatic carbocycles. The van der Waals surface area contributed by atoms with Crippen LogP contribution in [0.5, 0.6) is 0 Å². The Labute approximate surface area is 112 Å². The zero-order chi connectivity index (χ0) is 13.0. The van der Waals surface area contributed by atoms with Gasteiger partial charge < -0.3 is 9.74 Å². The van der Waals surface area contributed by atoms with Crippen LogP contribution in [0.4, 0.5) is 0 Å². The molecule has 2 rings (SSSR count). The molecule has 18 heavy (non-hydrogen) atoms. The highest BCUT2D eigenvalue weighted by atomic mass is 35.5. The molecule has 0 aromatic heterocycles. The summed E-state index contributed by atoms with van der Waals surface area (Å²) >= 11 is 6.04. The van der Waals surface area contributed by atoms with E-state index in [1.54, 1.807) is 12.1 Å². The van der Waals surface area contributed by atoms with Crippen molar-refractivity contribution in [2.75, 3.05) is 19.7 Å². The van der Waals surface area contributed by atoms with Crippen LogP contribution < -0.4 is 5.90 Å². The van der Waals surface area contributed by atoms with E-state index in [4.69, 9.17) is 17.5 Å². The Kier molecular flexibility index (Phi) is 4.58. The van der Waals surface area contributed by atoms with Crippen molar-refractivity contribution in [3.05, 3.63) is 34.9 Å². The molecule has 1 heterocycles. The Morgan fingerprint density at radius 3 is 3.00 bits per heavy atom. The Morgan fingerprint density at radius 2 is 2.28 bits per heavy atom. The van der Waals surface area contributed by atoms with Crippen molar-refractivity contribution in [2.45, 2.75) is 12.8 Å². The molecule has 0 saturated carbocycles. The topological polar surface area (TPSA) is 55.6 Å². The van der Waals surface area contributed by atoms with Gasteiger partial charge in [0.1, 0.15) is 0 Å². The van der Waals surface area contributed by atoms with E-state index in [-0.39, 0.29) is 5.91 Å². The Balaban J connectivity index is 2.07. The Hall–Kier alpha value is -1.10. The fourth-order valence-corrected chi connectivity index (χ4v) is 2.54. The first-order valence-electron chi connectivity index (χ1n) is 6.08. The van der Waals surface area contributed by atoms with E-state index in [0.717, 1.165) is 19.4 Å². The van der Waals surface area contributed by atoms with Crippen molar-refractivity contribution in [3.63, 3.8) is 0 Å². The molecule has 1 saturated heterocycles. The largest absolute Gasteiger partial charge is 0.338 e. The maximum atomic E-state index is 12.3. The number of nitrogens with two attached hydrogens (primary N) is 1. The second-order valence-corrected chi connectivity index (χ2v) is 4.98. The molecule has 0 spiro atoms. The van der Waals surface area contributed by atoms with E-state index in [0.29, 0.717) is 29.7 Å². The molecule has 1 aliphatic rings. The molecule has 5 heteroatoms. The highest BCUT2D eigenvalue weighted by Gasteiger charge is 2.25. The van der Waals surface area contributed by atoms with Crippen LogP contribution in [0, 0.1) is 5.92 Å². The first-order chi connectivity index (χ1) is 8.72. The minimum Gasteiger partial charge on any atom is -0.338 e. The fourth-order valence-electron chi connectivity index (χ4n) is 2.33. The summed E-state index contributed by atoms with van der Waals surface area (Å²) in [4.78, 5) is 18.8. The van der Waals surface area contributed by atoms with Crippen LogP contribution >= 0.6 is 11.6 Å². The second-order valence-electron chi connectivity index (χ2n) is 4.57. The zero-order valence-electron chi connectivity index (χ0n) is 10.1. The van der Waals surface area contributed by atoms with Crippen LogP contribution in [-0.4, -0.2) is 30.5 Å². The van der Waals surface area contributed by atoms with Crippen LogP contribution in [0.2, 0.25) is 5.02 Å². The summed E-state index contributed by atoms with van der Waals surface area (Å²) in [5, 5.41) is 0.500. The molecule has 98 valence electrons. The van der Waals surface area contributed by atoms with E-state index in [1.807, 2.05) is 17.0 Å². The summed E-state index contributed by atoms with van der Waals surface area (Å²) < 4.78 is 0. The van der Waals surface area contributed by atoms with E-state index in [9.17, 15) is 4.79 Å². The van der Waals surface area contributed by atoms with Crippen molar-refractivity contribution >= 4 is 17.5 Å². The molecule has 0 radical (unpaired) electrons. The van der Waals surface area contributed by atoms with Gasteiger partial charge in [-0.3, -0.25) is 4.79 Å². The second kappa shape index (κ2) is 6.18. The normalized spacial score (nSPS) is 19.9. The molecule has 2 N–H and O–H groups in total. The number of halogens is 1. The van der Waals surface area contributed by atoms with Crippen molar-refractivity contribution in [2.24, 2.45) is 11.8 Å². The summed E-state index contributed by atoms with van der Waals surface area (Å²) in [6, 6.07) is 7.14. The van der Waals surface area contributed by atoms with E-state index < -0.39 is 0 Å². The van der Waals surface area contributed by atoms with E-state index >= 15 is 0 Å². The number of nitrogens with zero attached hydrogens (tertiary/aromatic N) is 1. The SMILES string of the molecule is NOCC1CCCN(C(=O)c2ccccc2Cl)C1. The molecule has 1 amide bonds. The van der Waals surface area contributed by atoms with Gasteiger partial charge in [-0.2, -0.15) is 0 Å². The van der Waals surface area contributed by atoms with Gasteiger partial charge in [0, 0.05) is 19.0 Å². The predicted octanol–water partition coefficient (Wildman–Crippen LogP) is 2.08. The quantitative estimate of drug-likeness (QED) is 0.854. The lowest BCUT2D eigenvalue weighted by molar-refractivity contribution is 0.0472. The number of carbonyl (C=O) groups excluding carboxylic acids is 1. The Morgan fingerprint density at radius 1 is 1.50 bits per heavy atom. The summed E-state index contributed by atoms with van der Waals surface area (Å²) in [5.74, 6) is 5.39. The summed E-state index contributed by atoms with van der Waals surface area (Å²) in [7, 11) is 0. The molecule has 1 aliphatic heterocycles. The summed E-state index contributed by atoms with van der Waals surface area (Å²) in [6.07, 6.45) is 2.02. The number of hydrogen-bond acceptors (Lipinski definition) is 3. The van der Waals surface area contributed by atoms with Crippen molar-refractivity contribution in [1.82, 2.24) is 4.90 Å². The van der Waals surface area contributed by atoms with Crippen LogP contribution in [0.15, 0.2) is 24.3 Å². The van der Waals surface area contributed by atoms with Crippen molar-refractivity contribution in [3.8, 4) is 0 Å². The third-order valence-electron chi connectivity index (χ3n) is 3.24. The minimum atomic E-state index is -0.0117. The average Bonchev–Trinajstić information content (AvgIpc) is 2.39. The zero-order valence-corrected chi connectivity index (χ0v) is 10.9. The van der Waals surface area contributed by atoms with Gasteiger partial charge in [0.05, 0.1) is 17.2 Å². The third-order valence-corrected chi connectivity index (χ3v) is 3.57. The molecule has 1 unspecified atom stereocenters. The van der Waals surface area contributed by atoms with E-state index in [2.05, 4.69) is 4.84 Å². The van der Waals surface area contributed by atoms with E-state index in [1.165, 1.54) is 0 Å². The number of piperidine rings is 1. The highest BCUT2D eigenvalue weighted by molar-refractivity contribution is 6.33. The molecule has 0 bridgehead atoms. The number of likely N-dealkylation sites (tertiary alicyclic amines) is 1. The van der Waals surface area contributed by atoms with Gasteiger partial charge in [0.2, 0.25) is 0 Å². The smallest absolute Gasteiger partial charge is 0.255 e. The molecule has 0 aliphatic carbocycles. The highest BCUT2D eigenvalue weighted by Crippen LogP contribution is 2.22. The summed E-state index contributed by atoms with van der Waals surface area (Å²) in [5.41, 5.74) is 0.563. The minimum absolute atomic E-state index is 0.0117. The van der Waals surface area contributed by atoms with Gasteiger partial charge in [-0.15, -0.1) is 0 Å². The van der Waals surface area contributed by atoms with Gasteiger partial charge in [-0.1, -0.05) is 23.7 Å². The molecular weight excluding hydrogens is 252 g/mol. The van der Waals surface area contributed by atoms with Gasteiger partial charge >= 0.3 is 0 Å². The molecule has 1 aromatic rings. The van der Waals surface area contributed by atoms with Gasteiger partial charge in [0.15, 0.2) is 0 Å². The lowest BCUT2D eigenvalue weighted by atomic mass is 9.98. The van der Waals surface area contributed by atoms with Crippen LogP contribution in [0.3, 0.4) is 0 Å². The van der Waals surface area contributed by atoms with Crippen molar-refractivity contribution < 1.29 is 9.63 Å². The molecular formula is C13H17ClN2O2. The van der Waals surface area contributed by atoms with Crippen LogP contribution in [0.1, 0.15) is 23.2 Å². The lowest BCUT2D eigenvalue weighted by Crippen LogP contribution is -2.41. The fraction of sp³-hybridized carbons (Fsp3) is 0.462. The maximum Gasteiger partial charge on any atom is 0.255 e. The first kappa shape index (κ1) is 13.3. The summed E-state index contributed by atoms with van der Waals surface area (Å²) in [6.45, 7) is 1.94. The average molecular weight is 269 g/mol. The molecule has 1 atom stereocenters. The maximum absolute atomic E-state index is 12.3. The third kappa shape index (κ3) is 3.02.